The molecule has 194 valence electrons. The molecule has 0 spiro atoms. The third-order valence-corrected chi connectivity index (χ3v) is 11.6. The van der Waals surface area contributed by atoms with Crippen molar-refractivity contribution in [2.24, 2.45) is 11.3 Å². The molecule has 6 nitrogen and oxygen atoms in total. The normalized spacial score (nSPS) is 31.2. The molecule has 4 aliphatic rings. The molecule has 7 rings (SSSR count). The van der Waals surface area contributed by atoms with Gasteiger partial charge in [-0.2, -0.15) is 4.31 Å². The number of halogens is 1. The number of fused-ring (bicyclic) bond motifs is 5. The lowest BCUT2D eigenvalue weighted by molar-refractivity contribution is -0.116. The first kappa shape index (κ1) is 23.6. The molecule has 3 fully saturated rings. The van der Waals surface area contributed by atoms with Crippen molar-refractivity contribution in [3.63, 3.8) is 0 Å². The summed E-state index contributed by atoms with van der Waals surface area (Å²) in [7, 11) is -3.48. The van der Waals surface area contributed by atoms with Crippen molar-refractivity contribution in [2.45, 2.75) is 74.9 Å². The summed E-state index contributed by atoms with van der Waals surface area (Å²) in [5.41, 5.74) is 2.82. The number of imidazole rings is 1. The molecule has 1 aromatic heterocycles. The number of benzene rings is 2. The van der Waals surface area contributed by atoms with Crippen LogP contribution in [0.25, 0.3) is 11.3 Å². The molecule has 1 aliphatic carbocycles. The lowest BCUT2D eigenvalue weighted by Gasteiger charge is -2.60. The van der Waals surface area contributed by atoms with Crippen LogP contribution in [0.1, 0.15) is 62.1 Å². The van der Waals surface area contributed by atoms with Gasteiger partial charge in [0, 0.05) is 23.2 Å². The molecule has 6 atom stereocenters. The molecule has 3 aromatic rings. The number of nitrogens with zero attached hydrogens (tertiary/aromatic N) is 3. The van der Waals surface area contributed by atoms with Crippen molar-refractivity contribution in [2.75, 3.05) is 0 Å². The second kappa shape index (κ2) is 8.48. The zero-order valence-electron chi connectivity index (χ0n) is 20.7. The SMILES string of the molecule is O=S(=O)(Cc1ccccc1)N1C2CCC3CCC(C(O)CC4c5c(F)cccc5-c5cncn54)(C2)CC31. The third-order valence-electron chi connectivity index (χ3n) is 9.70. The third kappa shape index (κ3) is 3.63. The molecule has 2 aromatic carbocycles. The van der Waals surface area contributed by atoms with E-state index in [1.54, 1.807) is 18.6 Å². The van der Waals surface area contributed by atoms with Crippen LogP contribution >= 0.6 is 0 Å². The molecule has 0 amide bonds. The molecule has 6 unspecified atom stereocenters. The van der Waals surface area contributed by atoms with Crippen LogP contribution in [-0.2, 0) is 15.8 Å². The Hall–Kier alpha value is -2.55. The van der Waals surface area contributed by atoms with Gasteiger partial charge in [0.1, 0.15) is 5.82 Å². The van der Waals surface area contributed by atoms with Crippen LogP contribution in [0.2, 0.25) is 0 Å². The highest BCUT2D eigenvalue weighted by Gasteiger charge is 2.58. The number of aliphatic hydroxyl groups excluding tert-OH is 1. The Morgan fingerprint density at radius 3 is 2.76 bits per heavy atom. The second-order valence-corrected chi connectivity index (χ2v) is 13.5. The van der Waals surface area contributed by atoms with Crippen LogP contribution in [0, 0.1) is 17.2 Å². The second-order valence-electron chi connectivity index (χ2n) is 11.6. The molecular weight excluding hydrogens is 489 g/mol. The van der Waals surface area contributed by atoms with Gasteiger partial charge in [-0.25, -0.2) is 17.8 Å². The zero-order valence-corrected chi connectivity index (χ0v) is 21.5. The molecule has 1 N–H and O–H groups in total. The van der Waals surface area contributed by atoms with Crippen molar-refractivity contribution in [1.82, 2.24) is 13.9 Å². The van der Waals surface area contributed by atoms with E-state index in [2.05, 4.69) is 4.98 Å². The standard InChI is InChI=1S/C29H32FN3O3S/c30-23-8-4-7-22-26-16-31-18-32(26)24(28(22)23)13-27(34)29-12-11-20-9-10-21(14-29)33(25(20)15-29)37(35,36)17-19-5-2-1-3-6-19/h1-8,16,18,20-21,24-25,27,34H,9-15,17H2. The van der Waals surface area contributed by atoms with E-state index in [-0.39, 0.29) is 35.1 Å². The van der Waals surface area contributed by atoms with Gasteiger partial charge in [0.15, 0.2) is 0 Å². The molecule has 0 radical (unpaired) electrons. The smallest absolute Gasteiger partial charge is 0.218 e. The summed E-state index contributed by atoms with van der Waals surface area (Å²) >= 11 is 0. The quantitative estimate of drug-likeness (QED) is 0.501. The van der Waals surface area contributed by atoms with Gasteiger partial charge in [-0.15, -0.1) is 0 Å². The van der Waals surface area contributed by atoms with E-state index in [0.717, 1.165) is 42.5 Å². The van der Waals surface area contributed by atoms with Crippen LogP contribution in [-0.4, -0.2) is 45.6 Å². The van der Waals surface area contributed by atoms with E-state index in [4.69, 9.17) is 0 Å². The van der Waals surface area contributed by atoms with Crippen LogP contribution in [0.15, 0.2) is 61.1 Å². The monoisotopic (exact) mass is 521 g/mol. The lowest BCUT2D eigenvalue weighted by Crippen LogP contribution is -2.65. The fourth-order valence-corrected chi connectivity index (χ4v) is 10.1. The number of hydrogen-bond donors (Lipinski definition) is 1. The Balaban J connectivity index is 1.18. The largest absolute Gasteiger partial charge is 0.392 e. The number of piperidine rings is 2. The predicted molar refractivity (Wildman–Crippen MR) is 138 cm³/mol. The maximum absolute atomic E-state index is 15.0. The number of hydrogen-bond acceptors (Lipinski definition) is 4. The number of aliphatic hydroxyl groups is 1. The molecule has 2 saturated heterocycles. The summed E-state index contributed by atoms with van der Waals surface area (Å²) in [6.45, 7) is 0. The van der Waals surface area contributed by atoms with Crippen molar-refractivity contribution in [1.29, 1.82) is 0 Å². The van der Waals surface area contributed by atoms with Gasteiger partial charge in [0.2, 0.25) is 10.0 Å². The predicted octanol–water partition coefficient (Wildman–Crippen LogP) is 4.90. The van der Waals surface area contributed by atoms with Gasteiger partial charge in [-0.1, -0.05) is 42.5 Å². The Labute approximate surface area is 217 Å². The first-order valence-electron chi connectivity index (χ1n) is 13.4. The Morgan fingerprint density at radius 1 is 1.08 bits per heavy atom. The summed E-state index contributed by atoms with van der Waals surface area (Å²) < 4.78 is 46.2. The Kier molecular flexibility index (Phi) is 5.40. The van der Waals surface area contributed by atoms with E-state index < -0.39 is 16.1 Å². The fourth-order valence-electron chi connectivity index (χ4n) is 8.06. The fraction of sp³-hybridized carbons (Fsp3) is 0.483. The molecular formula is C29H32FN3O3S. The molecule has 3 aliphatic heterocycles. The van der Waals surface area contributed by atoms with E-state index in [1.165, 1.54) is 6.07 Å². The average Bonchev–Trinajstić information content (AvgIpc) is 3.46. The minimum atomic E-state index is -3.48. The van der Waals surface area contributed by atoms with E-state index in [0.29, 0.717) is 30.7 Å². The number of sulfonamides is 1. The van der Waals surface area contributed by atoms with Crippen molar-refractivity contribution >= 4 is 10.0 Å². The van der Waals surface area contributed by atoms with Gasteiger partial charge >= 0.3 is 0 Å². The summed E-state index contributed by atoms with van der Waals surface area (Å²) in [6, 6.07) is 14.1. The van der Waals surface area contributed by atoms with E-state index in [1.807, 2.05) is 45.3 Å². The highest BCUT2D eigenvalue weighted by molar-refractivity contribution is 7.88. The van der Waals surface area contributed by atoms with Crippen LogP contribution < -0.4 is 0 Å². The van der Waals surface area contributed by atoms with Gasteiger partial charge in [0.05, 0.1) is 36.1 Å². The minimum Gasteiger partial charge on any atom is -0.392 e. The maximum atomic E-state index is 15.0. The van der Waals surface area contributed by atoms with Gasteiger partial charge in [0.25, 0.3) is 0 Å². The summed E-state index contributed by atoms with van der Waals surface area (Å²) in [6.07, 6.45) is 8.30. The molecule has 1 saturated carbocycles. The zero-order chi connectivity index (χ0) is 25.4. The average molecular weight is 522 g/mol. The van der Waals surface area contributed by atoms with Crippen LogP contribution in [0.3, 0.4) is 0 Å². The number of rotatable bonds is 6. The molecule has 4 heterocycles. The molecule has 37 heavy (non-hydrogen) atoms. The highest BCUT2D eigenvalue weighted by atomic mass is 32.2. The van der Waals surface area contributed by atoms with Crippen LogP contribution in [0.5, 0.6) is 0 Å². The first-order chi connectivity index (χ1) is 17.9. The first-order valence-corrected chi connectivity index (χ1v) is 15.0. The van der Waals surface area contributed by atoms with Crippen molar-refractivity contribution < 1.29 is 17.9 Å². The van der Waals surface area contributed by atoms with Crippen molar-refractivity contribution in [3.05, 3.63) is 78.0 Å². The summed E-state index contributed by atoms with van der Waals surface area (Å²) in [5, 5.41) is 11.8. The summed E-state index contributed by atoms with van der Waals surface area (Å²) in [5.74, 6) is 0.107. The Bertz CT molecular complexity index is 1440. The summed E-state index contributed by atoms with van der Waals surface area (Å²) in [4.78, 5) is 4.29. The van der Waals surface area contributed by atoms with E-state index >= 15 is 4.39 Å². The minimum absolute atomic E-state index is 0.0185. The topological polar surface area (TPSA) is 75.4 Å². The number of aromatic nitrogens is 2. The molecule has 8 heteroatoms. The highest BCUT2D eigenvalue weighted by Crippen LogP contribution is 2.58. The van der Waals surface area contributed by atoms with Crippen molar-refractivity contribution in [3.8, 4) is 11.3 Å². The Morgan fingerprint density at radius 2 is 1.92 bits per heavy atom. The van der Waals surface area contributed by atoms with Gasteiger partial charge in [-0.05, 0) is 67.9 Å². The maximum Gasteiger partial charge on any atom is 0.218 e. The van der Waals surface area contributed by atoms with Crippen LogP contribution in [0.4, 0.5) is 4.39 Å². The van der Waals surface area contributed by atoms with Gasteiger partial charge in [-0.3, -0.25) is 0 Å². The molecule has 3 bridgehead atoms. The van der Waals surface area contributed by atoms with E-state index in [9.17, 15) is 13.5 Å². The van der Waals surface area contributed by atoms with Gasteiger partial charge < -0.3 is 9.67 Å². The lowest BCUT2D eigenvalue weighted by atomic mass is 9.56.